The molecule has 0 saturated heterocycles. The highest BCUT2D eigenvalue weighted by atomic mass is 32.2. The Kier molecular flexibility index (Phi) is 6.82. The molecule has 0 fully saturated rings. The monoisotopic (exact) mass is 361 g/mol. The van der Waals surface area contributed by atoms with Crippen LogP contribution in [0.2, 0.25) is 0 Å². The van der Waals surface area contributed by atoms with Crippen molar-refractivity contribution in [2.24, 2.45) is 16.8 Å². The lowest BCUT2D eigenvalue weighted by molar-refractivity contribution is -0.144. The third-order valence-electron chi connectivity index (χ3n) is 4.14. The maximum absolute atomic E-state index is 12.5. The molecule has 0 N–H and O–H groups in total. The van der Waals surface area contributed by atoms with Crippen LogP contribution < -0.4 is 0 Å². The second-order valence-electron chi connectivity index (χ2n) is 5.84. The summed E-state index contributed by atoms with van der Waals surface area (Å²) < 4.78 is 10.2. The zero-order valence-corrected chi connectivity index (χ0v) is 15.8. The van der Waals surface area contributed by atoms with Gasteiger partial charge >= 0.3 is 11.9 Å². The first-order valence-corrected chi connectivity index (χ1v) is 9.13. The minimum Gasteiger partial charge on any atom is -0.468 e. The van der Waals surface area contributed by atoms with Crippen LogP contribution in [0.1, 0.15) is 20.8 Å². The summed E-state index contributed by atoms with van der Waals surface area (Å²) in [6.45, 7) is 5.68. The van der Waals surface area contributed by atoms with Gasteiger partial charge in [0.15, 0.2) is 0 Å². The van der Waals surface area contributed by atoms with Crippen molar-refractivity contribution in [3.63, 3.8) is 0 Å². The molecule has 0 aromatic heterocycles. The summed E-state index contributed by atoms with van der Waals surface area (Å²) in [5.74, 6) is -0.997. The summed E-state index contributed by atoms with van der Waals surface area (Å²) in [7, 11) is 1.34. The average Bonchev–Trinajstić information content (AvgIpc) is 2.59. The van der Waals surface area contributed by atoms with Gasteiger partial charge in [-0.15, -0.1) is 11.8 Å². The molecule has 0 saturated carbocycles. The lowest BCUT2D eigenvalue weighted by Gasteiger charge is -2.28. The number of benzene rings is 1. The first-order valence-electron chi connectivity index (χ1n) is 8.14. The van der Waals surface area contributed by atoms with Gasteiger partial charge in [-0.25, -0.2) is 4.79 Å². The Morgan fingerprint density at radius 2 is 1.88 bits per heavy atom. The summed E-state index contributed by atoms with van der Waals surface area (Å²) in [5.41, 5.74) is 1.71. The van der Waals surface area contributed by atoms with Crippen LogP contribution in [0.5, 0.6) is 0 Å². The Labute approximate surface area is 152 Å². The quantitative estimate of drug-likeness (QED) is 0.441. The van der Waals surface area contributed by atoms with Gasteiger partial charge in [0, 0.05) is 28.0 Å². The normalized spacial score (nSPS) is 20.1. The van der Waals surface area contributed by atoms with Crippen molar-refractivity contribution in [1.82, 2.24) is 0 Å². The Bertz CT molecular complexity index is 697. The van der Waals surface area contributed by atoms with E-state index in [9.17, 15) is 9.59 Å². The number of esters is 2. The molecule has 134 valence electrons. The fourth-order valence-corrected chi connectivity index (χ4v) is 3.73. The molecule has 1 aromatic rings. The van der Waals surface area contributed by atoms with Gasteiger partial charge in [0.2, 0.25) is 0 Å². The van der Waals surface area contributed by atoms with Crippen molar-refractivity contribution >= 4 is 29.4 Å². The number of thioether (sulfide) groups is 1. The van der Waals surface area contributed by atoms with Crippen LogP contribution in [-0.2, 0) is 19.1 Å². The Balaban J connectivity index is 1.97. The molecule has 0 amide bonds. The number of methoxy groups -OCH3 is 1. The van der Waals surface area contributed by atoms with Crippen LogP contribution in [0.25, 0.3) is 0 Å². The highest BCUT2D eigenvalue weighted by molar-refractivity contribution is 7.99. The van der Waals surface area contributed by atoms with E-state index in [1.54, 1.807) is 25.6 Å². The topological polar surface area (TPSA) is 65.0 Å². The minimum absolute atomic E-state index is 0.299. The molecule has 0 aliphatic carbocycles. The number of hydrogen-bond acceptors (Lipinski definition) is 6. The number of hydrogen-bond donors (Lipinski definition) is 0. The van der Waals surface area contributed by atoms with Crippen LogP contribution in [0, 0.1) is 11.8 Å². The third kappa shape index (κ3) is 4.72. The largest absolute Gasteiger partial charge is 0.468 e. The highest BCUT2D eigenvalue weighted by Gasteiger charge is 2.38. The van der Waals surface area contributed by atoms with E-state index < -0.39 is 11.9 Å². The van der Waals surface area contributed by atoms with Gasteiger partial charge in [-0.3, -0.25) is 9.79 Å². The standard InChI is InChI=1S/C19H23NO4S/c1-12-16(18(21)23-4)13(2)20-14(3)17(12)19(22)24-10-11-25-15-8-6-5-7-9-15/h5-9,12,16H,10-11H2,1-4H3. The van der Waals surface area contributed by atoms with Gasteiger partial charge in [-0.2, -0.15) is 0 Å². The van der Waals surface area contributed by atoms with Crippen LogP contribution in [-0.4, -0.2) is 37.1 Å². The SMILES string of the molecule is COC(=O)C1C(C)=NC(C)=C(C(=O)OCCSc2ccccc2)C1C. The van der Waals surface area contributed by atoms with Gasteiger partial charge in [-0.1, -0.05) is 25.1 Å². The number of carbonyl (C=O) groups excluding carboxylic acids is 2. The lowest BCUT2D eigenvalue weighted by atomic mass is 9.81. The molecule has 6 heteroatoms. The molecule has 1 heterocycles. The van der Waals surface area contributed by atoms with Crippen molar-refractivity contribution in [3.8, 4) is 0 Å². The Hall–Kier alpha value is -2.08. The number of nitrogens with zero attached hydrogens (tertiary/aromatic N) is 1. The molecule has 1 aromatic carbocycles. The van der Waals surface area contributed by atoms with Gasteiger partial charge in [0.25, 0.3) is 0 Å². The lowest BCUT2D eigenvalue weighted by Crippen LogP contribution is -2.36. The second-order valence-corrected chi connectivity index (χ2v) is 7.01. The molecular weight excluding hydrogens is 338 g/mol. The van der Waals surface area contributed by atoms with Gasteiger partial charge in [0.1, 0.15) is 12.5 Å². The molecule has 2 atom stereocenters. The van der Waals surface area contributed by atoms with Crippen molar-refractivity contribution in [3.05, 3.63) is 41.6 Å². The van der Waals surface area contributed by atoms with E-state index in [4.69, 9.17) is 9.47 Å². The molecule has 25 heavy (non-hydrogen) atoms. The van der Waals surface area contributed by atoms with E-state index in [1.165, 1.54) is 7.11 Å². The molecular formula is C19H23NO4S. The molecule has 0 spiro atoms. The van der Waals surface area contributed by atoms with Gasteiger partial charge < -0.3 is 9.47 Å². The predicted molar refractivity (Wildman–Crippen MR) is 98.6 cm³/mol. The van der Waals surface area contributed by atoms with Crippen LogP contribution in [0.3, 0.4) is 0 Å². The zero-order valence-electron chi connectivity index (χ0n) is 14.9. The van der Waals surface area contributed by atoms with E-state index in [0.29, 0.717) is 29.3 Å². The summed E-state index contributed by atoms with van der Waals surface area (Å²) >= 11 is 1.63. The number of aliphatic imine (C=N–C) groups is 1. The van der Waals surface area contributed by atoms with Crippen molar-refractivity contribution in [2.75, 3.05) is 19.5 Å². The highest BCUT2D eigenvalue weighted by Crippen LogP contribution is 2.32. The predicted octanol–water partition coefficient (Wildman–Crippen LogP) is 3.50. The maximum Gasteiger partial charge on any atom is 0.336 e. The van der Waals surface area contributed by atoms with Gasteiger partial charge in [-0.05, 0) is 26.0 Å². The number of carbonyl (C=O) groups is 2. The molecule has 1 aliphatic rings. The summed E-state index contributed by atoms with van der Waals surface area (Å²) in [6.07, 6.45) is 0. The molecule has 2 rings (SSSR count). The Morgan fingerprint density at radius 1 is 1.20 bits per heavy atom. The zero-order chi connectivity index (χ0) is 18.4. The number of ether oxygens (including phenoxy) is 2. The molecule has 5 nitrogen and oxygen atoms in total. The first-order chi connectivity index (χ1) is 12.0. The Morgan fingerprint density at radius 3 is 2.52 bits per heavy atom. The summed E-state index contributed by atoms with van der Waals surface area (Å²) in [6, 6.07) is 9.94. The van der Waals surface area contributed by atoms with Crippen molar-refractivity contribution < 1.29 is 19.1 Å². The average molecular weight is 361 g/mol. The van der Waals surface area contributed by atoms with E-state index >= 15 is 0 Å². The molecule has 1 aliphatic heterocycles. The molecule has 0 radical (unpaired) electrons. The second kappa shape index (κ2) is 8.85. The maximum atomic E-state index is 12.5. The fourth-order valence-electron chi connectivity index (χ4n) is 2.98. The summed E-state index contributed by atoms with van der Waals surface area (Å²) in [5, 5.41) is 0. The van der Waals surface area contributed by atoms with Crippen LogP contribution >= 0.6 is 11.8 Å². The van der Waals surface area contributed by atoms with E-state index in [1.807, 2.05) is 37.3 Å². The van der Waals surface area contributed by atoms with E-state index in [0.717, 1.165) is 4.90 Å². The number of allylic oxidation sites excluding steroid dienone is 1. The molecule has 2 unspecified atom stereocenters. The summed E-state index contributed by atoms with van der Waals surface area (Å²) in [4.78, 5) is 30.0. The van der Waals surface area contributed by atoms with E-state index in [2.05, 4.69) is 4.99 Å². The van der Waals surface area contributed by atoms with Crippen molar-refractivity contribution in [1.29, 1.82) is 0 Å². The van der Waals surface area contributed by atoms with Gasteiger partial charge in [0.05, 0.1) is 12.7 Å². The van der Waals surface area contributed by atoms with Crippen LogP contribution in [0.15, 0.2) is 51.5 Å². The third-order valence-corrected chi connectivity index (χ3v) is 5.12. The number of rotatable bonds is 6. The first kappa shape index (κ1) is 19.2. The van der Waals surface area contributed by atoms with Crippen LogP contribution in [0.4, 0.5) is 0 Å². The van der Waals surface area contributed by atoms with E-state index in [-0.39, 0.29) is 11.9 Å². The van der Waals surface area contributed by atoms with Crippen molar-refractivity contribution in [2.45, 2.75) is 25.7 Å². The molecule has 0 bridgehead atoms. The fraction of sp³-hybridized carbons (Fsp3) is 0.421. The minimum atomic E-state index is -0.546. The smallest absolute Gasteiger partial charge is 0.336 e.